The number of hydrogen-bond donors (Lipinski definition) is 2. The lowest BCUT2D eigenvalue weighted by Gasteiger charge is -2.07. The maximum atomic E-state index is 12.0. The lowest BCUT2D eigenvalue weighted by molar-refractivity contribution is 0.0996. The number of hydrogen-bond acceptors (Lipinski definition) is 7. The Morgan fingerprint density at radius 3 is 2.55 bits per heavy atom. The van der Waals surface area contributed by atoms with Crippen molar-refractivity contribution in [2.24, 2.45) is 5.73 Å². The topological polar surface area (TPSA) is 129 Å². The summed E-state index contributed by atoms with van der Waals surface area (Å²) >= 11 is 12.6. The molecular formula is C21H15Cl2N9O. The Morgan fingerprint density at radius 2 is 1.85 bits per heavy atom. The summed E-state index contributed by atoms with van der Waals surface area (Å²) in [6.07, 6.45) is 6.55. The van der Waals surface area contributed by atoms with Gasteiger partial charge < -0.3 is 11.1 Å². The molecule has 1 amide bonds. The average Bonchev–Trinajstić information content (AvgIpc) is 3.40. The van der Waals surface area contributed by atoms with E-state index < -0.39 is 5.91 Å². The van der Waals surface area contributed by atoms with E-state index in [9.17, 15) is 4.79 Å². The molecule has 4 heterocycles. The van der Waals surface area contributed by atoms with Crippen molar-refractivity contribution in [1.29, 1.82) is 0 Å². The second kappa shape index (κ2) is 8.15. The summed E-state index contributed by atoms with van der Waals surface area (Å²) in [6.45, 7) is 1.91. The standard InChI is InChI=1S/C21H15Cl2N9O/c1-11-7-25-9-17-28-29-21(32(11)17)15-6-5-12(8-26-15)27-16-10-31(30-18(16)20(24)33)19-13(22)3-2-4-14(19)23/h2-10,27H,1H3,(H2,24,33). The third-order valence-electron chi connectivity index (χ3n) is 4.88. The molecule has 0 aliphatic carbocycles. The predicted octanol–water partition coefficient (Wildman–Crippen LogP) is 3.83. The molecule has 0 radical (unpaired) electrons. The van der Waals surface area contributed by atoms with Crippen molar-refractivity contribution in [3.05, 3.63) is 76.6 Å². The van der Waals surface area contributed by atoms with Gasteiger partial charge in [-0.2, -0.15) is 5.10 Å². The third kappa shape index (κ3) is 3.75. The Hall–Kier alpha value is -4.02. The van der Waals surface area contributed by atoms with Gasteiger partial charge in [-0.1, -0.05) is 29.3 Å². The van der Waals surface area contributed by atoms with Crippen molar-refractivity contribution in [1.82, 2.24) is 34.3 Å². The highest BCUT2D eigenvalue weighted by Crippen LogP contribution is 2.30. The normalized spacial score (nSPS) is 11.1. The molecule has 5 aromatic rings. The van der Waals surface area contributed by atoms with Crippen LogP contribution in [0.2, 0.25) is 10.0 Å². The van der Waals surface area contributed by atoms with Crippen LogP contribution >= 0.6 is 23.2 Å². The molecule has 0 saturated heterocycles. The Kier molecular flexibility index (Phi) is 5.15. The first kappa shape index (κ1) is 20.9. The van der Waals surface area contributed by atoms with Crippen LogP contribution in [0.15, 0.2) is 55.1 Å². The summed E-state index contributed by atoms with van der Waals surface area (Å²) in [5.41, 5.74) is 9.12. The zero-order chi connectivity index (χ0) is 23.1. The molecule has 4 aromatic heterocycles. The van der Waals surface area contributed by atoms with E-state index in [2.05, 4.69) is 30.6 Å². The van der Waals surface area contributed by atoms with Crippen LogP contribution in [0.1, 0.15) is 16.2 Å². The molecule has 0 bridgehead atoms. The van der Waals surface area contributed by atoms with Gasteiger partial charge in [0.15, 0.2) is 17.2 Å². The Balaban J connectivity index is 1.48. The van der Waals surface area contributed by atoms with Gasteiger partial charge >= 0.3 is 0 Å². The van der Waals surface area contributed by atoms with Crippen molar-refractivity contribution in [2.45, 2.75) is 6.92 Å². The summed E-state index contributed by atoms with van der Waals surface area (Å²) < 4.78 is 3.28. The summed E-state index contributed by atoms with van der Waals surface area (Å²) in [4.78, 5) is 20.6. The molecule has 12 heteroatoms. The molecule has 5 rings (SSSR count). The Morgan fingerprint density at radius 1 is 1.06 bits per heavy atom. The number of carbonyl (C=O) groups is 1. The van der Waals surface area contributed by atoms with Crippen molar-refractivity contribution in [3.63, 3.8) is 0 Å². The average molecular weight is 480 g/mol. The van der Waals surface area contributed by atoms with E-state index in [0.29, 0.717) is 44.3 Å². The number of carbonyl (C=O) groups excluding carboxylic acids is 1. The number of aromatic nitrogens is 7. The van der Waals surface area contributed by atoms with Crippen LogP contribution in [0.3, 0.4) is 0 Å². The second-order valence-corrected chi connectivity index (χ2v) is 7.91. The van der Waals surface area contributed by atoms with E-state index in [1.165, 1.54) is 4.68 Å². The lowest BCUT2D eigenvalue weighted by Crippen LogP contribution is -2.14. The van der Waals surface area contributed by atoms with Gasteiger partial charge in [0.05, 0.1) is 40.0 Å². The molecule has 0 fully saturated rings. The number of nitrogens with one attached hydrogen (secondary N) is 1. The zero-order valence-electron chi connectivity index (χ0n) is 17.1. The van der Waals surface area contributed by atoms with Crippen LogP contribution in [0, 0.1) is 6.92 Å². The third-order valence-corrected chi connectivity index (χ3v) is 5.49. The molecule has 0 aliphatic rings. The van der Waals surface area contributed by atoms with Gasteiger partial charge in [-0.05, 0) is 31.2 Å². The molecule has 1 aromatic carbocycles. The SMILES string of the molecule is Cc1cncc2nnc(-c3ccc(Nc4cn(-c5c(Cl)cccc5Cl)nc4C(N)=O)cn3)n12. The molecule has 0 spiro atoms. The maximum absolute atomic E-state index is 12.0. The van der Waals surface area contributed by atoms with Crippen LogP contribution in [0.4, 0.5) is 11.4 Å². The predicted molar refractivity (Wildman–Crippen MR) is 124 cm³/mol. The number of amides is 1. The number of aryl methyl sites for hydroxylation is 1. The van der Waals surface area contributed by atoms with Gasteiger partial charge in [0, 0.05) is 11.9 Å². The monoisotopic (exact) mass is 479 g/mol. The first-order valence-electron chi connectivity index (χ1n) is 9.65. The molecule has 0 saturated carbocycles. The van der Waals surface area contributed by atoms with E-state index in [4.69, 9.17) is 28.9 Å². The van der Waals surface area contributed by atoms with Crippen molar-refractivity contribution < 1.29 is 4.79 Å². The number of para-hydroxylation sites is 1. The number of benzene rings is 1. The molecule has 0 unspecified atom stereocenters. The van der Waals surface area contributed by atoms with E-state index in [0.717, 1.165) is 5.69 Å². The van der Waals surface area contributed by atoms with Crippen LogP contribution < -0.4 is 11.1 Å². The van der Waals surface area contributed by atoms with Crippen molar-refractivity contribution >= 4 is 46.1 Å². The minimum Gasteiger partial charge on any atom is -0.364 e. The van der Waals surface area contributed by atoms with E-state index in [-0.39, 0.29) is 5.69 Å². The number of anilines is 2. The van der Waals surface area contributed by atoms with Crippen LogP contribution in [-0.4, -0.2) is 40.3 Å². The lowest BCUT2D eigenvalue weighted by atomic mass is 10.3. The fourth-order valence-electron chi connectivity index (χ4n) is 3.39. The minimum absolute atomic E-state index is 0.0293. The highest BCUT2D eigenvalue weighted by atomic mass is 35.5. The number of nitrogens with two attached hydrogens (primary N) is 1. The van der Waals surface area contributed by atoms with E-state index in [1.807, 2.05) is 11.3 Å². The maximum Gasteiger partial charge on any atom is 0.271 e. The molecular weight excluding hydrogens is 465 g/mol. The Bertz CT molecular complexity index is 1490. The van der Waals surface area contributed by atoms with Crippen LogP contribution in [0.25, 0.3) is 22.9 Å². The van der Waals surface area contributed by atoms with Gasteiger partial charge in [-0.25, -0.2) is 4.68 Å². The molecule has 0 atom stereocenters. The molecule has 164 valence electrons. The number of primary amides is 1. The summed E-state index contributed by atoms with van der Waals surface area (Å²) in [5.74, 6) is -0.113. The van der Waals surface area contributed by atoms with Gasteiger partial charge in [-0.3, -0.25) is 19.2 Å². The zero-order valence-corrected chi connectivity index (χ0v) is 18.6. The van der Waals surface area contributed by atoms with Gasteiger partial charge in [0.1, 0.15) is 11.4 Å². The van der Waals surface area contributed by atoms with Gasteiger partial charge in [0.2, 0.25) is 0 Å². The first-order chi connectivity index (χ1) is 15.9. The summed E-state index contributed by atoms with van der Waals surface area (Å²) in [7, 11) is 0. The van der Waals surface area contributed by atoms with Gasteiger partial charge in [-0.15, -0.1) is 10.2 Å². The van der Waals surface area contributed by atoms with Crippen molar-refractivity contribution in [3.8, 4) is 17.2 Å². The highest BCUT2D eigenvalue weighted by Gasteiger charge is 2.18. The molecule has 10 nitrogen and oxygen atoms in total. The molecule has 33 heavy (non-hydrogen) atoms. The molecule has 3 N–H and O–H groups in total. The molecule has 0 aliphatic heterocycles. The number of pyridine rings is 1. The smallest absolute Gasteiger partial charge is 0.271 e. The second-order valence-electron chi connectivity index (χ2n) is 7.09. The summed E-state index contributed by atoms with van der Waals surface area (Å²) in [5, 5.41) is 16.5. The first-order valence-corrected chi connectivity index (χ1v) is 10.4. The van der Waals surface area contributed by atoms with Crippen LogP contribution in [0.5, 0.6) is 0 Å². The fourth-order valence-corrected chi connectivity index (χ4v) is 3.96. The summed E-state index contributed by atoms with van der Waals surface area (Å²) in [6, 6.07) is 8.66. The number of rotatable bonds is 5. The van der Waals surface area contributed by atoms with E-state index in [1.54, 1.807) is 55.1 Å². The quantitative estimate of drug-likeness (QED) is 0.391. The number of halogens is 2. The number of fused-ring (bicyclic) bond motifs is 1. The van der Waals surface area contributed by atoms with Crippen LogP contribution in [-0.2, 0) is 0 Å². The van der Waals surface area contributed by atoms with Gasteiger partial charge in [0.25, 0.3) is 5.91 Å². The largest absolute Gasteiger partial charge is 0.364 e. The fraction of sp³-hybridized carbons (Fsp3) is 0.0476. The minimum atomic E-state index is -0.706. The number of nitrogens with zero attached hydrogens (tertiary/aromatic N) is 7. The Labute approximate surface area is 197 Å². The highest BCUT2D eigenvalue weighted by molar-refractivity contribution is 6.37. The van der Waals surface area contributed by atoms with Crippen molar-refractivity contribution in [2.75, 3.05) is 5.32 Å². The van der Waals surface area contributed by atoms with E-state index >= 15 is 0 Å².